The highest BCUT2D eigenvalue weighted by molar-refractivity contribution is 5.96. The lowest BCUT2D eigenvalue weighted by Crippen LogP contribution is -2.25. The van der Waals surface area contributed by atoms with E-state index in [1.54, 1.807) is 13.3 Å². The van der Waals surface area contributed by atoms with Crippen molar-refractivity contribution in [3.8, 4) is 0 Å². The Morgan fingerprint density at radius 2 is 2.21 bits per heavy atom. The van der Waals surface area contributed by atoms with Crippen LogP contribution in [0.1, 0.15) is 19.8 Å². The molecule has 0 aliphatic rings. The van der Waals surface area contributed by atoms with Gasteiger partial charge in [0.2, 0.25) is 0 Å². The van der Waals surface area contributed by atoms with Gasteiger partial charge in [-0.15, -0.1) is 0 Å². The molecule has 102 valence electrons. The molecule has 0 saturated heterocycles. The third kappa shape index (κ3) is 3.15. The number of ether oxygens (including phenoxy) is 1. The molecule has 4 nitrogen and oxygen atoms in total. The van der Waals surface area contributed by atoms with E-state index in [1.165, 1.54) is 0 Å². The summed E-state index contributed by atoms with van der Waals surface area (Å²) in [5.41, 5.74) is 8.84. The van der Waals surface area contributed by atoms with E-state index >= 15 is 0 Å². The normalized spacial score (nSPS) is 12.5. The molecule has 1 atom stereocenters. The fraction of sp³-hybridized carbons (Fsp3) is 0.400. The number of nitrogens with zero attached hydrogens (tertiary/aromatic N) is 1. The Balaban J connectivity index is 2.26. The van der Waals surface area contributed by atoms with Gasteiger partial charge in [0.25, 0.3) is 0 Å². The Hall–Kier alpha value is -1.81. The summed E-state index contributed by atoms with van der Waals surface area (Å²) in [5.74, 6) is 0. The maximum atomic E-state index is 6.22. The topological polar surface area (TPSA) is 60.2 Å². The number of aromatic nitrogens is 1. The molecule has 4 heteroatoms. The monoisotopic (exact) mass is 259 g/mol. The zero-order chi connectivity index (χ0) is 13.7. The Morgan fingerprint density at radius 1 is 1.37 bits per heavy atom. The van der Waals surface area contributed by atoms with Crippen molar-refractivity contribution in [1.82, 2.24) is 4.98 Å². The van der Waals surface area contributed by atoms with Crippen LogP contribution < -0.4 is 11.1 Å². The summed E-state index contributed by atoms with van der Waals surface area (Å²) < 4.78 is 5.24. The Kier molecular flexibility index (Phi) is 4.58. The number of hydrogen-bond acceptors (Lipinski definition) is 4. The molecule has 1 unspecified atom stereocenters. The van der Waals surface area contributed by atoms with Crippen molar-refractivity contribution in [2.24, 2.45) is 0 Å². The molecule has 0 aliphatic heterocycles. The zero-order valence-corrected chi connectivity index (χ0v) is 11.5. The predicted octanol–water partition coefficient (Wildman–Crippen LogP) is 3.04. The fourth-order valence-electron chi connectivity index (χ4n) is 2.27. The third-order valence-corrected chi connectivity index (χ3v) is 3.19. The van der Waals surface area contributed by atoms with E-state index in [1.807, 2.05) is 24.3 Å². The molecule has 0 radical (unpaired) electrons. The van der Waals surface area contributed by atoms with Gasteiger partial charge in [0.05, 0.1) is 23.5 Å². The van der Waals surface area contributed by atoms with Gasteiger partial charge in [-0.05, 0) is 30.7 Å². The lowest BCUT2D eigenvalue weighted by Gasteiger charge is -2.20. The molecule has 3 N–H and O–H groups in total. The van der Waals surface area contributed by atoms with E-state index in [9.17, 15) is 0 Å². The first-order valence-electron chi connectivity index (χ1n) is 6.65. The summed E-state index contributed by atoms with van der Waals surface area (Å²) in [7, 11) is 1.72. The molecule has 0 aliphatic carbocycles. The highest BCUT2D eigenvalue weighted by Gasteiger charge is 2.10. The number of nitrogen functional groups attached to an aromatic ring is 1. The van der Waals surface area contributed by atoms with Gasteiger partial charge in [-0.2, -0.15) is 0 Å². The first-order valence-corrected chi connectivity index (χ1v) is 6.65. The molecule has 0 amide bonds. The van der Waals surface area contributed by atoms with Crippen molar-refractivity contribution in [1.29, 1.82) is 0 Å². The van der Waals surface area contributed by atoms with Crippen LogP contribution in [0.5, 0.6) is 0 Å². The van der Waals surface area contributed by atoms with E-state index in [0.717, 1.165) is 35.1 Å². The molecule has 1 aromatic carbocycles. The van der Waals surface area contributed by atoms with Crippen LogP contribution in [0.4, 0.5) is 11.4 Å². The van der Waals surface area contributed by atoms with Gasteiger partial charge >= 0.3 is 0 Å². The maximum absolute atomic E-state index is 6.22. The van der Waals surface area contributed by atoms with Gasteiger partial charge in [-0.1, -0.05) is 13.3 Å². The summed E-state index contributed by atoms with van der Waals surface area (Å²) in [6.45, 7) is 2.84. The quantitative estimate of drug-likeness (QED) is 0.783. The number of nitrogens with one attached hydrogen (secondary N) is 1. The predicted molar refractivity (Wildman–Crippen MR) is 80.4 cm³/mol. The van der Waals surface area contributed by atoms with Crippen LogP contribution in [-0.2, 0) is 4.74 Å². The van der Waals surface area contributed by atoms with Crippen LogP contribution in [0.2, 0.25) is 0 Å². The van der Waals surface area contributed by atoms with Crippen LogP contribution >= 0.6 is 0 Å². The highest BCUT2D eigenvalue weighted by Crippen LogP contribution is 2.28. The smallest absolute Gasteiger partial charge is 0.0724 e. The number of methoxy groups -OCH3 is 1. The number of anilines is 2. The molecule has 2 aromatic rings. The molecule has 2 rings (SSSR count). The van der Waals surface area contributed by atoms with Gasteiger partial charge in [0.1, 0.15) is 0 Å². The van der Waals surface area contributed by atoms with Crippen molar-refractivity contribution >= 4 is 22.3 Å². The van der Waals surface area contributed by atoms with Crippen molar-refractivity contribution in [3.63, 3.8) is 0 Å². The molecular weight excluding hydrogens is 238 g/mol. The largest absolute Gasteiger partial charge is 0.397 e. The van der Waals surface area contributed by atoms with Crippen LogP contribution in [0, 0.1) is 0 Å². The average molecular weight is 259 g/mol. The molecule has 19 heavy (non-hydrogen) atoms. The summed E-state index contributed by atoms with van der Waals surface area (Å²) in [4.78, 5) is 4.30. The van der Waals surface area contributed by atoms with E-state index in [0.29, 0.717) is 6.61 Å². The number of hydrogen-bond donors (Lipinski definition) is 2. The van der Waals surface area contributed by atoms with Crippen molar-refractivity contribution in [3.05, 3.63) is 30.5 Å². The highest BCUT2D eigenvalue weighted by atomic mass is 16.5. The van der Waals surface area contributed by atoms with E-state index in [2.05, 4.69) is 17.2 Å². The molecule has 0 saturated carbocycles. The molecule has 1 aromatic heterocycles. The van der Waals surface area contributed by atoms with Crippen molar-refractivity contribution < 1.29 is 4.74 Å². The molecule has 1 heterocycles. The fourth-order valence-corrected chi connectivity index (χ4v) is 2.27. The average Bonchev–Trinajstić information content (AvgIpc) is 2.43. The first kappa shape index (κ1) is 13.6. The second-order valence-corrected chi connectivity index (χ2v) is 4.68. The van der Waals surface area contributed by atoms with Gasteiger partial charge in [-0.25, -0.2) is 0 Å². The SMILES string of the molecule is CCCC(COC)Nc1ccc2ncccc2c1N. The maximum Gasteiger partial charge on any atom is 0.0724 e. The number of fused-ring (bicyclic) bond motifs is 1. The first-order chi connectivity index (χ1) is 9.26. The lowest BCUT2D eigenvalue weighted by atomic mass is 10.1. The number of rotatable bonds is 6. The van der Waals surface area contributed by atoms with Crippen LogP contribution in [-0.4, -0.2) is 24.7 Å². The molecular formula is C15H21N3O. The Morgan fingerprint density at radius 3 is 2.95 bits per heavy atom. The van der Waals surface area contributed by atoms with E-state index < -0.39 is 0 Å². The number of nitrogens with two attached hydrogens (primary N) is 1. The van der Waals surface area contributed by atoms with E-state index in [4.69, 9.17) is 10.5 Å². The standard InChI is InChI=1S/C15H21N3O/c1-3-5-11(10-19-2)18-14-8-7-13-12(15(14)16)6-4-9-17-13/h4,6-9,11,18H,3,5,10,16H2,1-2H3. The lowest BCUT2D eigenvalue weighted by molar-refractivity contribution is 0.182. The third-order valence-electron chi connectivity index (χ3n) is 3.19. The minimum atomic E-state index is 0.284. The van der Waals surface area contributed by atoms with Gasteiger partial charge in [0, 0.05) is 24.7 Å². The summed E-state index contributed by atoms with van der Waals surface area (Å²) in [5, 5.41) is 4.45. The van der Waals surface area contributed by atoms with Gasteiger partial charge < -0.3 is 15.8 Å². The Labute approximate surface area is 114 Å². The molecule has 0 fully saturated rings. The zero-order valence-electron chi connectivity index (χ0n) is 11.5. The van der Waals surface area contributed by atoms with Gasteiger partial charge in [0.15, 0.2) is 0 Å². The minimum absolute atomic E-state index is 0.284. The Bertz CT molecular complexity index is 536. The van der Waals surface area contributed by atoms with Crippen LogP contribution in [0.25, 0.3) is 10.9 Å². The van der Waals surface area contributed by atoms with Crippen molar-refractivity contribution in [2.75, 3.05) is 24.8 Å². The molecule has 0 spiro atoms. The van der Waals surface area contributed by atoms with Crippen LogP contribution in [0.3, 0.4) is 0 Å². The summed E-state index contributed by atoms with van der Waals surface area (Å²) in [6, 6.07) is 8.16. The summed E-state index contributed by atoms with van der Waals surface area (Å²) >= 11 is 0. The second-order valence-electron chi connectivity index (χ2n) is 4.68. The molecule has 0 bridgehead atoms. The minimum Gasteiger partial charge on any atom is -0.397 e. The van der Waals surface area contributed by atoms with Crippen LogP contribution in [0.15, 0.2) is 30.5 Å². The second kappa shape index (κ2) is 6.38. The number of pyridine rings is 1. The van der Waals surface area contributed by atoms with Crippen molar-refractivity contribution in [2.45, 2.75) is 25.8 Å². The number of benzene rings is 1. The van der Waals surface area contributed by atoms with Gasteiger partial charge in [-0.3, -0.25) is 4.98 Å². The van der Waals surface area contributed by atoms with E-state index in [-0.39, 0.29) is 6.04 Å². The summed E-state index contributed by atoms with van der Waals surface area (Å²) in [6.07, 6.45) is 3.94.